The van der Waals surface area contributed by atoms with Gasteiger partial charge >= 0.3 is 7.60 Å². The van der Waals surface area contributed by atoms with Crippen molar-refractivity contribution in [3.63, 3.8) is 0 Å². The first-order valence-electron chi connectivity index (χ1n) is 6.58. The van der Waals surface area contributed by atoms with Crippen LogP contribution in [0.25, 0.3) is 4.85 Å². The molecule has 0 spiro atoms. The number of aliphatic hydroxyl groups is 1. The van der Waals surface area contributed by atoms with E-state index in [-0.39, 0.29) is 38.4 Å². The lowest BCUT2D eigenvalue weighted by atomic mass is 9.30. The topological polar surface area (TPSA) is 69.3 Å². The van der Waals surface area contributed by atoms with Crippen LogP contribution in [0.15, 0.2) is 0 Å². The Hall–Kier alpha value is -0.310. The molecule has 1 aliphatic heterocycles. The fourth-order valence-electron chi connectivity index (χ4n) is 2.21. The average molecular weight is 299 g/mol. The molecular formula is C11H20B2NO5P. The highest BCUT2D eigenvalue weighted by Gasteiger charge is 2.46. The van der Waals surface area contributed by atoms with E-state index in [1.807, 2.05) is 6.92 Å². The van der Waals surface area contributed by atoms with Gasteiger partial charge in [-0.3, -0.25) is 4.57 Å². The standard InChI is InChI=1S/C11H20B2NO5P/c1-8-9(7-15)18-11(13(2)12)10(8)19-20(4,16)17-6-5-14-3/h8-11,15H,5-7H2,1-2,4H3/t8?,9-,10+,11-,20?/m1/s1. The van der Waals surface area contributed by atoms with Gasteiger partial charge in [-0.1, -0.05) is 13.7 Å². The number of hydrogen-bond donors (Lipinski definition) is 1. The number of nitrogens with zero attached hydrogens (tertiary/aromatic N) is 1. The molecule has 9 heteroatoms. The Morgan fingerprint density at radius 1 is 1.60 bits per heavy atom. The fourth-order valence-corrected chi connectivity index (χ4v) is 3.43. The lowest BCUT2D eigenvalue weighted by Crippen LogP contribution is -2.39. The Morgan fingerprint density at radius 2 is 2.25 bits per heavy atom. The van der Waals surface area contributed by atoms with Crippen molar-refractivity contribution in [2.24, 2.45) is 5.92 Å². The summed E-state index contributed by atoms with van der Waals surface area (Å²) in [6.07, 6.45) is -0.893. The van der Waals surface area contributed by atoms with E-state index in [1.54, 1.807) is 6.82 Å². The normalized spacial score (nSPS) is 32.5. The van der Waals surface area contributed by atoms with Gasteiger partial charge in [-0.05, 0) is 0 Å². The van der Waals surface area contributed by atoms with Gasteiger partial charge in [0.25, 0.3) is 0 Å². The van der Waals surface area contributed by atoms with Crippen LogP contribution in [-0.4, -0.2) is 64.1 Å². The highest BCUT2D eigenvalue weighted by Crippen LogP contribution is 2.48. The minimum atomic E-state index is -3.28. The molecule has 2 radical (unpaired) electrons. The fraction of sp³-hybridized carbons (Fsp3) is 0.909. The van der Waals surface area contributed by atoms with Crippen molar-refractivity contribution >= 4 is 21.9 Å². The Labute approximate surface area is 122 Å². The van der Waals surface area contributed by atoms with Gasteiger partial charge in [-0.15, -0.1) is 0 Å². The summed E-state index contributed by atoms with van der Waals surface area (Å²) in [4.78, 5) is 3.12. The van der Waals surface area contributed by atoms with Crippen LogP contribution in [0.1, 0.15) is 6.92 Å². The van der Waals surface area contributed by atoms with Crippen molar-refractivity contribution in [1.29, 1.82) is 0 Å². The van der Waals surface area contributed by atoms with Gasteiger partial charge in [0.05, 0.1) is 24.8 Å². The van der Waals surface area contributed by atoms with Gasteiger partial charge in [0.1, 0.15) is 13.2 Å². The molecule has 0 aromatic carbocycles. The van der Waals surface area contributed by atoms with Crippen molar-refractivity contribution in [2.45, 2.75) is 32.0 Å². The van der Waals surface area contributed by atoms with Crippen LogP contribution < -0.4 is 0 Å². The molecular weight excluding hydrogens is 279 g/mol. The quantitative estimate of drug-likeness (QED) is 0.327. The summed E-state index contributed by atoms with van der Waals surface area (Å²) in [7, 11) is 2.57. The van der Waals surface area contributed by atoms with Crippen LogP contribution in [0.2, 0.25) is 6.82 Å². The van der Waals surface area contributed by atoms with E-state index in [2.05, 4.69) is 4.85 Å². The molecule has 5 atom stereocenters. The van der Waals surface area contributed by atoms with Crippen LogP contribution >= 0.6 is 7.60 Å². The maximum absolute atomic E-state index is 12.2. The lowest BCUT2D eigenvalue weighted by Gasteiger charge is -2.26. The third-order valence-electron chi connectivity index (χ3n) is 3.30. The van der Waals surface area contributed by atoms with E-state index in [4.69, 9.17) is 28.1 Å². The van der Waals surface area contributed by atoms with Crippen LogP contribution in [-0.2, 0) is 18.3 Å². The molecule has 6 nitrogen and oxygen atoms in total. The molecule has 0 bridgehead atoms. The third-order valence-corrected chi connectivity index (χ3v) is 4.58. The molecule has 1 aliphatic rings. The van der Waals surface area contributed by atoms with Gasteiger partial charge in [0, 0.05) is 20.3 Å². The lowest BCUT2D eigenvalue weighted by molar-refractivity contribution is 0.0239. The smallest absolute Gasteiger partial charge is 0.328 e. The maximum Gasteiger partial charge on any atom is 0.328 e. The molecule has 1 fully saturated rings. The molecule has 0 amide bonds. The second-order valence-corrected chi connectivity index (χ2v) is 7.11. The highest BCUT2D eigenvalue weighted by molar-refractivity contribution is 7.53. The van der Waals surface area contributed by atoms with Crippen molar-refractivity contribution in [1.82, 2.24) is 0 Å². The number of aliphatic hydroxyl groups excluding tert-OH is 1. The number of ether oxygens (including phenoxy) is 1. The van der Waals surface area contributed by atoms with Crippen LogP contribution in [0, 0.1) is 12.5 Å². The van der Waals surface area contributed by atoms with E-state index in [0.717, 1.165) is 0 Å². The summed E-state index contributed by atoms with van der Waals surface area (Å²) in [5, 5.41) is 9.27. The van der Waals surface area contributed by atoms with E-state index in [0.29, 0.717) is 0 Å². The summed E-state index contributed by atoms with van der Waals surface area (Å²) in [5.41, 5.74) is 0. The van der Waals surface area contributed by atoms with Crippen molar-refractivity contribution in [3.05, 3.63) is 11.4 Å². The van der Waals surface area contributed by atoms with Crippen LogP contribution in [0.5, 0.6) is 0 Å². The zero-order chi connectivity index (χ0) is 15.3. The first kappa shape index (κ1) is 17.7. The molecule has 0 saturated carbocycles. The molecule has 1 N–H and O–H groups in total. The van der Waals surface area contributed by atoms with Crippen LogP contribution in [0.3, 0.4) is 0 Å². The van der Waals surface area contributed by atoms with E-state index in [1.165, 1.54) is 6.66 Å². The molecule has 0 aromatic rings. The Kier molecular flexibility index (Phi) is 6.77. The molecule has 1 saturated heterocycles. The minimum absolute atomic E-state index is 0.0610. The van der Waals surface area contributed by atoms with E-state index in [9.17, 15) is 9.67 Å². The molecule has 1 heterocycles. The van der Waals surface area contributed by atoms with Crippen LogP contribution in [0.4, 0.5) is 0 Å². The Balaban J connectivity index is 2.71. The summed E-state index contributed by atoms with van der Waals surface area (Å²) < 4.78 is 28.6. The summed E-state index contributed by atoms with van der Waals surface area (Å²) in [6.45, 7) is 11.4. The summed E-state index contributed by atoms with van der Waals surface area (Å²) >= 11 is 0. The zero-order valence-corrected chi connectivity index (χ0v) is 13.0. The predicted octanol–water partition coefficient (Wildman–Crippen LogP) is 0.855. The first-order chi connectivity index (χ1) is 9.32. The van der Waals surface area contributed by atoms with Gasteiger partial charge < -0.3 is 23.7 Å². The second kappa shape index (κ2) is 7.63. The summed E-state index contributed by atoms with van der Waals surface area (Å²) in [6, 6.07) is -0.445. The molecule has 20 heavy (non-hydrogen) atoms. The molecule has 1 rings (SSSR count). The zero-order valence-electron chi connectivity index (χ0n) is 12.1. The molecule has 0 aromatic heterocycles. The maximum atomic E-state index is 12.2. The summed E-state index contributed by atoms with van der Waals surface area (Å²) in [5.74, 6) is -0.145. The monoisotopic (exact) mass is 299 g/mol. The molecule has 110 valence electrons. The molecule has 2 unspecified atom stereocenters. The van der Waals surface area contributed by atoms with Crippen molar-refractivity contribution < 1.29 is 23.5 Å². The van der Waals surface area contributed by atoms with Gasteiger partial charge in [-0.25, -0.2) is 6.57 Å². The number of hydrogen-bond acceptors (Lipinski definition) is 5. The van der Waals surface area contributed by atoms with Gasteiger partial charge in [0.15, 0.2) is 0 Å². The Bertz CT molecular complexity index is 403. The second-order valence-electron chi connectivity index (χ2n) is 5.10. The van der Waals surface area contributed by atoms with Gasteiger partial charge in [0.2, 0.25) is 6.54 Å². The first-order valence-corrected chi connectivity index (χ1v) is 8.57. The number of rotatable bonds is 7. The average Bonchev–Trinajstić information content (AvgIpc) is 2.66. The Morgan fingerprint density at radius 3 is 2.75 bits per heavy atom. The minimum Gasteiger partial charge on any atom is -0.394 e. The van der Waals surface area contributed by atoms with E-state index < -0.39 is 19.7 Å². The van der Waals surface area contributed by atoms with Crippen molar-refractivity contribution in [3.8, 4) is 0 Å². The SMILES string of the molecule is [B]B(C)[C@@H]1O[C@H](CO)C(C)[C@@H]1OP(C)(=O)OCC[N+]#[C-]. The van der Waals surface area contributed by atoms with Crippen molar-refractivity contribution in [2.75, 3.05) is 26.4 Å². The largest absolute Gasteiger partial charge is 0.394 e. The van der Waals surface area contributed by atoms with E-state index >= 15 is 0 Å². The highest BCUT2D eigenvalue weighted by atomic mass is 31.2. The molecule has 0 aliphatic carbocycles. The predicted molar refractivity (Wildman–Crippen MR) is 78.1 cm³/mol. The third kappa shape index (κ3) is 4.61. The van der Waals surface area contributed by atoms with Gasteiger partial charge in [-0.2, -0.15) is 0 Å².